The minimum Gasteiger partial charge on any atom is -0.307 e. The number of hydrogen-bond donors (Lipinski definition) is 1. The molecule has 1 fully saturated rings. The molecule has 0 aliphatic heterocycles. The highest BCUT2D eigenvalue weighted by Crippen LogP contribution is 2.31. The molecular weight excluding hydrogens is 210 g/mol. The van der Waals surface area contributed by atoms with Crippen LogP contribution in [0.25, 0.3) is 0 Å². The summed E-state index contributed by atoms with van der Waals surface area (Å²) in [7, 11) is 0. The zero-order chi connectivity index (χ0) is 11.7. The molecular formula is C15H19NO. The van der Waals surface area contributed by atoms with Gasteiger partial charge in [-0.1, -0.05) is 37.1 Å². The van der Waals surface area contributed by atoms with Crippen molar-refractivity contribution in [3.8, 4) is 0 Å². The number of nitrogens with one attached hydrogen (secondary N) is 1. The number of Topliss-reactive ketones (excluding diaryl/α,β-unsaturated/α-hetero) is 1. The Bertz CT molecular complexity index is 421. The third kappa shape index (κ3) is 2.14. The normalized spacial score (nSPS) is 24.9. The molecule has 0 amide bonds. The Morgan fingerprint density at radius 1 is 1.06 bits per heavy atom. The van der Waals surface area contributed by atoms with Gasteiger partial charge in [-0.3, -0.25) is 4.79 Å². The summed E-state index contributed by atoms with van der Waals surface area (Å²) in [6, 6.07) is 9.16. The Hall–Kier alpha value is -1.15. The van der Waals surface area contributed by atoms with Gasteiger partial charge in [0.1, 0.15) is 0 Å². The van der Waals surface area contributed by atoms with E-state index in [1.54, 1.807) is 0 Å². The van der Waals surface area contributed by atoms with Gasteiger partial charge in [0.2, 0.25) is 0 Å². The molecule has 2 aliphatic carbocycles. The van der Waals surface area contributed by atoms with Crippen molar-refractivity contribution >= 4 is 5.78 Å². The SMILES string of the molecule is O=C1CCC(NC2CCCC2)c2ccccc21. The van der Waals surface area contributed by atoms with E-state index in [2.05, 4.69) is 11.4 Å². The van der Waals surface area contributed by atoms with Crippen molar-refractivity contribution in [1.82, 2.24) is 5.32 Å². The highest BCUT2D eigenvalue weighted by atomic mass is 16.1. The van der Waals surface area contributed by atoms with Crippen LogP contribution >= 0.6 is 0 Å². The molecule has 90 valence electrons. The quantitative estimate of drug-likeness (QED) is 0.843. The molecule has 1 aromatic rings. The fourth-order valence-electron chi connectivity index (χ4n) is 3.17. The van der Waals surface area contributed by atoms with Crippen molar-refractivity contribution in [2.75, 3.05) is 0 Å². The molecule has 1 atom stereocenters. The lowest BCUT2D eigenvalue weighted by Gasteiger charge is -2.28. The van der Waals surface area contributed by atoms with Crippen molar-refractivity contribution in [3.05, 3.63) is 35.4 Å². The Balaban J connectivity index is 1.82. The Labute approximate surface area is 102 Å². The minimum absolute atomic E-state index is 0.310. The van der Waals surface area contributed by atoms with E-state index in [9.17, 15) is 4.79 Å². The third-order valence-corrected chi connectivity index (χ3v) is 4.09. The van der Waals surface area contributed by atoms with Crippen LogP contribution in [0.1, 0.15) is 60.5 Å². The van der Waals surface area contributed by atoms with Crippen LogP contribution in [0.3, 0.4) is 0 Å². The summed E-state index contributed by atoms with van der Waals surface area (Å²) in [4.78, 5) is 11.8. The summed E-state index contributed by atoms with van der Waals surface area (Å²) in [5.74, 6) is 0.310. The maximum atomic E-state index is 11.8. The van der Waals surface area contributed by atoms with Gasteiger partial charge >= 0.3 is 0 Å². The first kappa shape index (κ1) is 11.0. The number of carbonyl (C=O) groups is 1. The van der Waals surface area contributed by atoms with Gasteiger partial charge in [0.05, 0.1) is 0 Å². The van der Waals surface area contributed by atoms with E-state index < -0.39 is 0 Å². The van der Waals surface area contributed by atoms with E-state index >= 15 is 0 Å². The van der Waals surface area contributed by atoms with Crippen LogP contribution in [0.5, 0.6) is 0 Å². The predicted molar refractivity (Wildman–Crippen MR) is 68.1 cm³/mol. The average Bonchev–Trinajstić information content (AvgIpc) is 2.86. The lowest BCUT2D eigenvalue weighted by atomic mass is 9.86. The highest BCUT2D eigenvalue weighted by Gasteiger charge is 2.27. The lowest BCUT2D eigenvalue weighted by molar-refractivity contribution is 0.0962. The van der Waals surface area contributed by atoms with Gasteiger partial charge in [0.15, 0.2) is 5.78 Å². The number of carbonyl (C=O) groups excluding carboxylic acids is 1. The Morgan fingerprint density at radius 3 is 2.65 bits per heavy atom. The fourth-order valence-corrected chi connectivity index (χ4v) is 3.17. The van der Waals surface area contributed by atoms with Gasteiger partial charge in [-0.15, -0.1) is 0 Å². The molecule has 1 aromatic carbocycles. The Morgan fingerprint density at radius 2 is 1.82 bits per heavy atom. The first-order valence-corrected chi connectivity index (χ1v) is 6.73. The van der Waals surface area contributed by atoms with Crippen LogP contribution in [-0.2, 0) is 0 Å². The van der Waals surface area contributed by atoms with E-state index in [1.807, 2.05) is 18.2 Å². The third-order valence-electron chi connectivity index (χ3n) is 4.09. The summed E-state index contributed by atoms with van der Waals surface area (Å²) in [5, 5.41) is 3.74. The Kier molecular flexibility index (Phi) is 2.98. The molecule has 0 saturated heterocycles. The molecule has 0 bridgehead atoms. The van der Waals surface area contributed by atoms with Crippen molar-refractivity contribution in [1.29, 1.82) is 0 Å². The second-order valence-electron chi connectivity index (χ2n) is 5.25. The van der Waals surface area contributed by atoms with Crippen LogP contribution in [-0.4, -0.2) is 11.8 Å². The summed E-state index contributed by atoms with van der Waals surface area (Å²) in [6.07, 6.45) is 6.96. The zero-order valence-corrected chi connectivity index (χ0v) is 10.1. The second-order valence-corrected chi connectivity index (χ2v) is 5.25. The molecule has 2 heteroatoms. The molecule has 0 heterocycles. The molecule has 17 heavy (non-hydrogen) atoms. The van der Waals surface area contributed by atoms with Crippen LogP contribution in [0.2, 0.25) is 0 Å². The number of ketones is 1. The van der Waals surface area contributed by atoms with Gasteiger partial charge in [-0.25, -0.2) is 0 Å². The zero-order valence-electron chi connectivity index (χ0n) is 10.1. The van der Waals surface area contributed by atoms with Crippen molar-refractivity contribution in [2.24, 2.45) is 0 Å². The molecule has 1 unspecified atom stereocenters. The van der Waals surface area contributed by atoms with Crippen molar-refractivity contribution in [2.45, 2.75) is 50.6 Å². The van der Waals surface area contributed by atoms with Gasteiger partial charge in [-0.05, 0) is 24.8 Å². The van der Waals surface area contributed by atoms with E-state index in [1.165, 1.54) is 31.2 Å². The molecule has 3 rings (SSSR count). The van der Waals surface area contributed by atoms with Gasteiger partial charge in [-0.2, -0.15) is 0 Å². The number of rotatable bonds is 2. The summed E-state index contributed by atoms with van der Waals surface area (Å²) < 4.78 is 0. The highest BCUT2D eigenvalue weighted by molar-refractivity contribution is 5.98. The molecule has 2 nitrogen and oxygen atoms in total. The van der Waals surface area contributed by atoms with Crippen LogP contribution in [0, 0.1) is 0 Å². The second kappa shape index (κ2) is 4.61. The lowest BCUT2D eigenvalue weighted by Crippen LogP contribution is -2.33. The molecule has 0 radical (unpaired) electrons. The van der Waals surface area contributed by atoms with Gasteiger partial charge in [0, 0.05) is 24.1 Å². The first-order valence-electron chi connectivity index (χ1n) is 6.73. The molecule has 1 N–H and O–H groups in total. The van der Waals surface area contributed by atoms with Gasteiger partial charge in [0.25, 0.3) is 0 Å². The van der Waals surface area contributed by atoms with Crippen molar-refractivity contribution < 1.29 is 4.79 Å². The molecule has 0 aromatic heterocycles. The summed E-state index contributed by atoms with van der Waals surface area (Å²) >= 11 is 0. The number of benzene rings is 1. The molecule has 0 spiro atoms. The monoisotopic (exact) mass is 229 g/mol. The van der Waals surface area contributed by atoms with E-state index in [4.69, 9.17) is 0 Å². The predicted octanol–water partition coefficient (Wildman–Crippen LogP) is 3.24. The van der Waals surface area contributed by atoms with Gasteiger partial charge < -0.3 is 5.32 Å². The average molecular weight is 229 g/mol. The largest absolute Gasteiger partial charge is 0.307 e. The maximum absolute atomic E-state index is 11.8. The van der Waals surface area contributed by atoms with Crippen LogP contribution < -0.4 is 5.32 Å². The summed E-state index contributed by atoms with van der Waals surface area (Å²) in [6.45, 7) is 0. The standard InChI is InChI=1S/C15H19NO/c17-15-10-9-14(16-11-5-1-2-6-11)12-7-3-4-8-13(12)15/h3-4,7-8,11,14,16H,1-2,5-6,9-10H2. The number of fused-ring (bicyclic) bond motifs is 1. The molecule has 1 saturated carbocycles. The van der Waals surface area contributed by atoms with E-state index in [0.717, 1.165) is 12.0 Å². The minimum atomic E-state index is 0.310. The fraction of sp³-hybridized carbons (Fsp3) is 0.533. The van der Waals surface area contributed by atoms with Crippen LogP contribution in [0.4, 0.5) is 0 Å². The smallest absolute Gasteiger partial charge is 0.163 e. The molecule has 2 aliphatic rings. The topological polar surface area (TPSA) is 29.1 Å². The first-order chi connectivity index (χ1) is 8.34. The van der Waals surface area contributed by atoms with Crippen LogP contribution in [0.15, 0.2) is 24.3 Å². The van der Waals surface area contributed by atoms with E-state index in [0.29, 0.717) is 24.3 Å². The van der Waals surface area contributed by atoms with E-state index in [-0.39, 0.29) is 0 Å². The summed E-state index contributed by atoms with van der Waals surface area (Å²) in [5.41, 5.74) is 2.16. The maximum Gasteiger partial charge on any atom is 0.163 e. The van der Waals surface area contributed by atoms with Crippen molar-refractivity contribution in [3.63, 3.8) is 0 Å². The number of hydrogen-bond acceptors (Lipinski definition) is 2.